The molecule has 0 spiro atoms. The fraction of sp³-hybridized carbons (Fsp3) is 0.375. The zero-order valence-corrected chi connectivity index (χ0v) is 18.1. The smallest absolute Gasteiger partial charge is 0.294 e. The number of aryl methyl sites for hydroxylation is 1. The minimum atomic E-state index is -0.0586. The Morgan fingerprint density at radius 3 is 2.58 bits per heavy atom. The number of ether oxygens (including phenoxy) is 1. The van der Waals surface area contributed by atoms with Crippen molar-refractivity contribution in [3.8, 4) is 5.75 Å². The van der Waals surface area contributed by atoms with E-state index in [0.717, 1.165) is 28.8 Å². The van der Waals surface area contributed by atoms with Crippen molar-refractivity contribution in [1.82, 2.24) is 14.5 Å². The van der Waals surface area contributed by atoms with E-state index in [1.165, 1.54) is 0 Å². The molecule has 0 saturated carbocycles. The Morgan fingerprint density at radius 2 is 1.84 bits per heavy atom. The Hall–Kier alpha value is -3.35. The Bertz CT molecular complexity index is 1130. The van der Waals surface area contributed by atoms with E-state index in [1.54, 1.807) is 7.11 Å². The van der Waals surface area contributed by atoms with Gasteiger partial charge in [-0.15, -0.1) is 0 Å². The van der Waals surface area contributed by atoms with Crippen LogP contribution in [0.2, 0.25) is 0 Å². The van der Waals surface area contributed by atoms with Gasteiger partial charge in [0.15, 0.2) is 5.82 Å². The summed E-state index contributed by atoms with van der Waals surface area (Å²) in [6.45, 7) is 5.06. The molecule has 1 aliphatic heterocycles. The highest BCUT2D eigenvalue weighted by Crippen LogP contribution is 2.18. The zero-order valence-electron chi connectivity index (χ0n) is 18.1. The molecule has 0 radical (unpaired) electrons. The number of amides is 1. The van der Waals surface area contributed by atoms with E-state index in [1.807, 2.05) is 62.9 Å². The number of para-hydroxylation sites is 2. The molecule has 0 aliphatic carbocycles. The normalized spacial score (nSPS) is 14.1. The van der Waals surface area contributed by atoms with Crippen molar-refractivity contribution in [2.75, 3.05) is 38.2 Å². The fourth-order valence-electron chi connectivity index (χ4n) is 4.07. The van der Waals surface area contributed by atoms with Crippen LogP contribution in [-0.2, 0) is 17.8 Å². The standard InChI is InChI=1S/C24H28N4O3/c1-3-11-28-21-10-5-4-9-20(21)25-23(24(28)30)27-14-12-26(13-15-27)22(29)17-18-7-6-8-19(16-18)31-2/h4-10,16H,3,11-15,17H2,1-2H3. The molecule has 162 valence electrons. The van der Waals surface area contributed by atoms with E-state index in [0.29, 0.717) is 45.0 Å². The van der Waals surface area contributed by atoms with E-state index in [9.17, 15) is 9.59 Å². The van der Waals surface area contributed by atoms with Crippen LogP contribution in [0.4, 0.5) is 5.82 Å². The quantitative estimate of drug-likeness (QED) is 0.613. The van der Waals surface area contributed by atoms with E-state index in [2.05, 4.69) is 11.9 Å². The van der Waals surface area contributed by atoms with Crippen LogP contribution in [0.3, 0.4) is 0 Å². The molecule has 0 bridgehead atoms. The molecule has 1 aromatic heterocycles. The van der Waals surface area contributed by atoms with Gasteiger partial charge in [-0.1, -0.05) is 31.2 Å². The summed E-state index contributed by atoms with van der Waals surface area (Å²) in [7, 11) is 1.62. The summed E-state index contributed by atoms with van der Waals surface area (Å²) in [4.78, 5) is 34.5. The second-order valence-corrected chi connectivity index (χ2v) is 7.78. The van der Waals surface area contributed by atoms with Gasteiger partial charge in [0.25, 0.3) is 5.56 Å². The number of carbonyl (C=O) groups is 1. The number of anilines is 1. The van der Waals surface area contributed by atoms with Gasteiger partial charge in [-0.2, -0.15) is 0 Å². The Labute approximate surface area is 181 Å². The summed E-state index contributed by atoms with van der Waals surface area (Å²) in [5.41, 5.74) is 2.56. The zero-order chi connectivity index (χ0) is 21.8. The van der Waals surface area contributed by atoms with Gasteiger partial charge >= 0.3 is 0 Å². The topological polar surface area (TPSA) is 67.7 Å². The van der Waals surface area contributed by atoms with Gasteiger partial charge in [0.2, 0.25) is 5.91 Å². The van der Waals surface area contributed by atoms with Crippen molar-refractivity contribution in [1.29, 1.82) is 0 Å². The summed E-state index contributed by atoms with van der Waals surface area (Å²) >= 11 is 0. The summed E-state index contributed by atoms with van der Waals surface area (Å²) in [6.07, 6.45) is 1.22. The average molecular weight is 421 g/mol. The summed E-state index contributed by atoms with van der Waals surface area (Å²) < 4.78 is 7.06. The van der Waals surface area contributed by atoms with E-state index in [-0.39, 0.29) is 11.5 Å². The van der Waals surface area contributed by atoms with Crippen LogP contribution < -0.4 is 15.2 Å². The maximum absolute atomic E-state index is 13.2. The lowest BCUT2D eigenvalue weighted by molar-refractivity contribution is -0.130. The lowest BCUT2D eigenvalue weighted by Gasteiger charge is -2.35. The summed E-state index contributed by atoms with van der Waals surface area (Å²) in [5, 5.41) is 0. The van der Waals surface area contributed by atoms with Gasteiger partial charge in [0.05, 0.1) is 24.6 Å². The molecule has 0 atom stereocenters. The molecule has 2 heterocycles. The second kappa shape index (κ2) is 9.20. The SMILES string of the molecule is CCCn1c(=O)c(N2CCN(C(=O)Cc3cccc(OC)c3)CC2)nc2ccccc21. The minimum Gasteiger partial charge on any atom is -0.497 e. The molecular weight excluding hydrogens is 392 g/mol. The summed E-state index contributed by atoms with van der Waals surface area (Å²) in [5.74, 6) is 1.32. The highest BCUT2D eigenvalue weighted by molar-refractivity contribution is 5.79. The minimum absolute atomic E-state index is 0.0586. The largest absolute Gasteiger partial charge is 0.497 e. The van der Waals surface area contributed by atoms with Crippen LogP contribution in [0.5, 0.6) is 5.75 Å². The van der Waals surface area contributed by atoms with Gasteiger partial charge in [-0.3, -0.25) is 9.59 Å². The molecule has 0 N–H and O–H groups in total. The summed E-state index contributed by atoms with van der Waals surface area (Å²) in [6, 6.07) is 15.4. The second-order valence-electron chi connectivity index (χ2n) is 7.78. The van der Waals surface area contributed by atoms with Crippen molar-refractivity contribution in [2.24, 2.45) is 0 Å². The Kier molecular flexibility index (Phi) is 6.21. The maximum Gasteiger partial charge on any atom is 0.294 e. The highest BCUT2D eigenvalue weighted by Gasteiger charge is 2.24. The monoisotopic (exact) mass is 420 g/mol. The van der Waals surface area contributed by atoms with Crippen LogP contribution in [0.15, 0.2) is 53.3 Å². The molecule has 7 heteroatoms. The molecule has 3 aromatic rings. The number of carbonyl (C=O) groups excluding carboxylic acids is 1. The van der Waals surface area contributed by atoms with Crippen molar-refractivity contribution in [3.63, 3.8) is 0 Å². The highest BCUT2D eigenvalue weighted by atomic mass is 16.5. The van der Waals surface area contributed by atoms with Gasteiger partial charge in [-0.25, -0.2) is 4.98 Å². The average Bonchev–Trinajstić information content (AvgIpc) is 2.81. The number of aromatic nitrogens is 2. The van der Waals surface area contributed by atoms with Gasteiger partial charge in [-0.05, 0) is 36.2 Å². The number of nitrogens with zero attached hydrogens (tertiary/aromatic N) is 4. The van der Waals surface area contributed by atoms with Crippen LogP contribution in [0.1, 0.15) is 18.9 Å². The predicted octanol–water partition coefficient (Wildman–Crippen LogP) is 2.71. The number of piperazine rings is 1. The molecule has 1 aliphatic rings. The van der Waals surface area contributed by atoms with Crippen LogP contribution in [0.25, 0.3) is 11.0 Å². The van der Waals surface area contributed by atoms with Crippen LogP contribution >= 0.6 is 0 Å². The van der Waals surface area contributed by atoms with Crippen molar-refractivity contribution in [3.05, 3.63) is 64.4 Å². The third kappa shape index (κ3) is 4.40. The van der Waals surface area contributed by atoms with E-state index < -0.39 is 0 Å². The Balaban J connectivity index is 1.48. The molecule has 2 aromatic carbocycles. The van der Waals surface area contributed by atoms with Crippen LogP contribution in [-0.4, -0.2) is 53.6 Å². The molecule has 7 nitrogen and oxygen atoms in total. The van der Waals surface area contributed by atoms with E-state index in [4.69, 9.17) is 4.74 Å². The van der Waals surface area contributed by atoms with Crippen molar-refractivity contribution >= 4 is 22.8 Å². The number of benzene rings is 2. The predicted molar refractivity (Wildman–Crippen MR) is 122 cm³/mol. The molecule has 1 amide bonds. The molecule has 4 rings (SSSR count). The third-order valence-corrected chi connectivity index (χ3v) is 5.70. The Morgan fingerprint density at radius 1 is 1.06 bits per heavy atom. The fourth-order valence-corrected chi connectivity index (χ4v) is 4.07. The lowest BCUT2D eigenvalue weighted by atomic mass is 10.1. The van der Waals surface area contributed by atoms with E-state index >= 15 is 0 Å². The molecule has 31 heavy (non-hydrogen) atoms. The number of methoxy groups -OCH3 is 1. The maximum atomic E-state index is 13.2. The third-order valence-electron chi connectivity index (χ3n) is 5.70. The number of hydrogen-bond donors (Lipinski definition) is 0. The molecular formula is C24H28N4O3. The van der Waals surface area contributed by atoms with Gasteiger partial charge in [0.1, 0.15) is 5.75 Å². The van der Waals surface area contributed by atoms with Gasteiger partial charge in [0, 0.05) is 32.7 Å². The van der Waals surface area contributed by atoms with Crippen molar-refractivity contribution < 1.29 is 9.53 Å². The number of rotatable bonds is 6. The first-order valence-electron chi connectivity index (χ1n) is 10.8. The number of hydrogen-bond acceptors (Lipinski definition) is 5. The first kappa shape index (κ1) is 20.9. The van der Waals surface area contributed by atoms with Crippen molar-refractivity contribution in [2.45, 2.75) is 26.3 Å². The lowest BCUT2D eigenvalue weighted by Crippen LogP contribution is -2.51. The van der Waals surface area contributed by atoms with Crippen LogP contribution in [0, 0.1) is 0 Å². The first-order valence-corrected chi connectivity index (χ1v) is 10.8. The van der Waals surface area contributed by atoms with Gasteiger partial charge < -0.3 is 19.1 Å². The molecule has 1 saturated heterocycles. The molecule has 0 unspecified atom stereocenters. The number of fused-ring (bicyclic) bond motifs is 1. The first-order chi connectivity index (χ1) is 15.1. The molecule has 1 fully saturated rings.